The molecule has 0 bridgehead atoms. The highest BCUT2D eigenvalue weighted by Crippen LogP contribution is 2.22. The SMILES string of the molecule is Cn1nccc1-c1cccc(CNc2ccc3nccn3c2C(=O)O)c1. The van der Waals surface area contributed by atoms with Gasteiger partial charge in [0.25, 0.3) is 0 Å². The number of nitrogens with zero attached hydrogens (tertiary/aromatic N) is 4. The molecule has 7 heteroatoms. The number of imidazole rings is 1. The van der Waals surface area contributed by atoms with Crippen molar-refractivity contribution in [3.8, 4) is 11.3 Å². The van der Waals surface area contributed by atoms with Crippen LogP contribution in [-0.4, -0.2) is 30.2 Å². The first-order valence-corrected chi connectivity index (χ1v) is 8.14. The van der Waals surface area contributed by atoms with E-state index in [1.54, 1.807) is 35.1 Å². The summed E-state index contributed by atoms with van der Waals surface area (Å²) < 4.78 is 3.39. The number of carbonyl (C=O) groups is 1. The van der Waals surface area contributed by atoms with E-state index in [2.05, 4.69) is 21.5 Å². The highest BCUT2D eigenvalue weighted by atomic mass is 16.4. The second kappa shape index (κ2) is 6.36. The average molecular weight is 347 g/mol. The van der Waals surface area contributed by atoms with Gasteiger partial charge in [-0.1, -0.05) is 18.2 Å². The largest absolute Gasteiger partial charge is 0.476 e. The van der Waals surface area contributed by atoms with Gasteiger partial charge in [0, 0.05) is 37.7 Å². The number of nitrogens with one attached hydrogen (secondary N) is 1. The molecule has 0 radical (unpaired) electrons. The molecule has 1 aromatic carbocycles. The molecule has 0 unspecified atom stereocenters. The third-order valence-corrected chi connectivity index (χ3v) is 4.29. The van der Waals surface area contributed by atoms with E-state index in [-0.39, 0.29) is 5.69 Å². The van der Waals surface area contributed by atoms with Crippen LogP contribution >= 0.6 is 0 Å². The van der Waals surface area contributed by atoms with Gasteiger partial charge < -0.3 is 10.4 Å². The Morgan fingerprint density at radius 2 is 2.08 bits per heavy atom. The highest BCUT2D eigenvalue weighted by molar-refractivity contribution is 5.93. The molecule has 0 fully saturated rings. The number of hydrogen-bond donors (Lipinski definition) is 2. The van der Waals surface area contributed by atoms with Crippen LogP contribution in [0.2, 0.25) is 0 Å². The van der Waals surface area contributed by atoms with Crippen molar-refractivity contribution in [2.75, 3.05) is 5.32 Å². The lowest BCUT2D eigenvalue weighted by Gasteiger charge is -2.12. The lowest BCUT2D eigenvalue weighted by Crippen LogP contribution is -2.11. The minimum absolute atomic E-state index is 0.169. The summed E-state index contributed by atoms with van der Waals surface area (Å²) in [5.74, 6) is -1.00. The first-order valence-electron chi connectivity index (χ1n) is 8.14. The van der Waals surface area contributed by atoms with Gasteiger partial charge >= 0.3 is 5.97 Å². The number of pyridine rings is 1. The molecule has 130 valence electrons. The van der Waals surface area contributed by atoms with Gasteiger partial charge in [0.2, 0.25) is 0 Å². The first kappa shape index (κ1) is 15.9. The van der Waals surface area contributed by atoms with Crippen LogP contribution in [0.5, 0.6) is 0 Å². The summed E-state index contributed by atoms with van der Waals surface area (Å²) in [4.78, 5) is 15.8. The van der Waals surface area contributed by atoms with Crippen molar-refractivity contribution in [2.24, 2.45) is 7.05 Å². The second-order valence-corrected chi connectivity index (χ2v) is 5.95. The molecule has 3 aromatic heterocycles. The Hall–Kier alpha value is -3.61. The first-order chi connectivity index (χ1) is 12.6. The average Bonchev–Trinajstić information content (AvgIpc) is 3.28. The molecule has 0 aliphatic carbocycles. The van der Waals surface area contributed by atoms with E-state index in [1.807, 2.05) is 36.0 Å². The Kier molecular flexibility index (Phi) is 3.89. The van der Waals surface area contributed by atoms with E-state index < -0.39 is 5.97 Å². The summed E-state index contributed by atoms with van der Waals surface area (Å²) in [5, 5.41) is 17.0. The fourth-order valence-corrected chi connectivity index (χ4v) is 3.05. The summed E-state index contributed by atoms with van der Waals surface area (Å²) in [5.41, 5.74) is 4.46. The minimum atomic E-state index is -1.00. The van der Waals surface area contributed by atoms with Crippen LogP contribution in [-0.2, 0) is 13.6 Å². The van der Waals surface area contributed by atoms with Crippen LogP contribution in [0.15, 0.2) is 61.1 Å². The minimum Gasteiger partial charge on any atom is -0.476 e. The molecule has 2 N–H and O–H groups in total. The molecule has 4 aromatic rings. The van der Waals surface area contributed by atoms with Crippen LogP contribution in [0, 0.1) is 0 Å². The quantitative estimate of drug-likeness (QED) is 0.580. The van der Waals surface area contributed by atoms with E-state index >= 15 is 0 Å². The van der Waals surface area contributed by atoms with Crippen molar-refractivity contribution in [2.45, 2.75) is 6.54 Å². The molecule has 4 rings (SSSR count). The van der Waals surface area contributed by atoms with Crippen LogP contribution in [0.4, 0.5) is 5.69 Å². The van der Waals surface area contributed by atoms with Crippen molar-refractivity contribution < 1.29 is 9.90 Å². The molecule has 7 nitrogen and oxygen atoms in total. The number of carboxylic acid groups (broad SMARTS) is 1. The molecule has 3 heterocycles. The zero-order valence-electron chi connectivity index (χ0n) is 14.1. The molecule has 0 saturated heterocycles. The molecule has 0 atom stereocenters. The number of carboxylic acids is 1. The summed E-state index contributed by atoms with van der Waals surface area (Å²) in [6.07, 6.45) is 5.00. The van der Waals surface area contributed by atoms with E-state index in [9.17, 15) is 9.90 Å². The second-order valence-electron chi connectivity index (χ2n) is 5.95. The topological polar surface area (TPSA) is 84.5 Å². The lowest BCUT2D eigenvalue weighted by atomic mass is 10.1. The van der Waals surface area contributed by atoms with Gasteiger partial charge in [-0.15, -0.1) is 0 Å². The van der Waals surface area contributed by atoms with Crippen molar-refractivity contribution in [1.29, 1.82) is 0 Å². The smallest absolute Gasteiger partial charge is 0.355 e. The Balaban J connectivity index is 1.62. The summed E-state index contributed by atoms with van der Waals surface area (Å²) in [6.45, 7) is 0.506. The number of fused-ring (bicyclic) bond motifs is 1. The summed E-state index contributed by atoms with van der Waals surface area (Å²) in [7, 11) is 1.90. The number of rotatable bonds is 5. The van der Waals surface area contributed by atoms with Gasteiger partial charge in [0.15, 0.2) is 5.69 Å². The number of hydrogen-bond acceptors (Lipinski definition) is 4. The maximum Gasteiger partial charge on any atom is 0.355 e. The molecule has 0 saturated carbocycles. The van der Waals surface area contributed by atoms with E-state index in [1.165, 1.54) is 0 Å². The maximum absolute atomic E-state index is 11.7. The predicted molar refractivity (Wildman–Crippen MR) is 98.1 cm³/mol. The van der Waals surface area contributed by atoms with E-state index in [4.69, 9.17) is 0 Å². The fraction of sp³-hybridized carbons (Fsp3) is 0.105. The maximum atomic E-state index is 11.7. The van der Waals surface area contributed by atoms with Crippen molar-refractivity contribution in [1.82, 2.24) is 19.2 Å². The molecule has 26 heavy (non-hydrogen) atoms. The number of aromatic carboxylic acids is 1. The Morgan fingerprint density at radius 3 is 2.85 bits per heavy atom. The van der Waals surface area contributed by atoms with E-state index in [0.717, 1.165) is 16.8 Å². The summed E-state index contributed by atoms with van der Waals surface area (Å²) in [6, 6.07) is 13.6. The highest BCUT2D eigenvalue weighted by Gasteiger charge is 2.15. The van der Waals surface area contributed by atoms with Gasteiger partial charge in [-0.3, -0.25) is 9.08 Å². The molecule has 0 aliphatic heterocycles. The monoisotopic (exact) mass is 347 g/mol. The zero-order valence-corrected chi connectivity index (χ0v) is 14.1. The zero-order chi connectivity index (χ0) is 18.1. The third kappa shape index (κ3) is 2.79. The Labute approximate surface area is 149 Å². The van der Waals surface area contributed by atoms with Crippen LogP contribution in [0.3, 0.4) is 0 Å². The molecular formula is C19H17N5O2. The van der Waals surface area contributed by atoms with Gasteiger partial charge in [-0.05, 0) is 29.8 Å². The molecule has 0 amide bonds. The van der Waals surface area contributed by atoms with Crippen molar-refractivity contribution >= 4 is 17.3 Å². The third-order valence-electron chi connectivity index (χ3n) is 4.29. The molecule has 0 spiro atoms. The van der Waals surface area contributed by atoms with Gasteiger partial charge in [-0.25, -0.2) is 9.78 Å². The standard InChI is InChI=1S/C19H17N5O2/c1-23-16(7-8-22-23)14-4-2-3-13(11-14)12-21-15-5-6-17-20-9-10-24(17)18(15)19(25)26/h2-11,21H,12H2,1H3,(H,25,26). The Bertz CT molecular complexity index is 1100. The van der Waals surface area contributed by atoms with Crippen LogP contribution < -0.4 is 5.32 Å². The van der Waals surface area contributed by atoms with Gasteiger partial charge in [-0.2, -0.15) is 5.10 Å². The van der Waals surface area contributed by atoms with Gasteiger partial charge in [0.05, 0.1) is 11.4 Å². The van der Waals surface area contributed by atoms with Crippen molar-refractivity contribution in [3.63, 3.8) is 0 Å². The number of aryl methyl sites for hydroxylation is 1. The van der Waals surface area contributed by atoms with Crippen LogP contribution in [0.1, 0.15) is 16.1 Å². The predicted octanol–water partition coefficient (Wildman–Crippen LogP) is 3.05. The lowest BCUT2D eigenvalue weighted by molar-refractivity contribution is 0.0690. The Morgan fingerprint density at radius 1 is 1.19 bits per heavy atom. The molecular weight excluding hydrogens is 330 g/mol. The fourth-order valence-electron chi connectivity index (χ4n) is 3.05. The van der Waals surface area contributed by atoms with E-state index in [0.29, 0.717) is 17.9 Å². The normalized spacial score (nSPS) is 11.0. The van der Waals surface area contributed by atoms with Crippen molar-refractivity contribution in [3.05, 3.63) is 72.3 Å². The number of aromatic nitrogens is 4. The summed E-state index contributed by atoms with van der Waals surface area (Å²) >= 11 is 0. The number of benzene rings is 1. The number of anilines is 1. The van der Waals surface area contributed by atoms with Crippen LogP contribution in [0.25, 0.3) is 16.9 Å². The molecule has 0 aliphatic rings. The van der Waals surface area contributed by atoms with Gasteiger partial charge in [0.1, 0.15) is 5.65 Å².